The van der Waals surface area contributed by atoms with Gasteiger partial charge in [-0.25, -0.2) is 4.39 Å². The first kappa shape index (κ1) is 18.2. The first-order valence-electron chi connectivity index (χ1n) is 7.97. The molecule has 25 heavy (non-hydrogen) atoms. The molecule has 0 aliphatic carbocycles. The van der Waals surface area contributed by atoms with Gasteiger partial charge in [0, 0.05) is 29.4 Å². The normalized spacial score (nSPS) is 11.1. The van der Waals surface area contributed by atoms with Crippen LogP contribution in [0.2, 0.25) is 5.02 Å². The van der Waals surface area contributed by atoms with Crippen LogP contribution in [0.1, 0.15) is 25.5 Å². The van der Waals surface area contributed by atoms with E-state index in [9.17, 15) is 0 Å². The lowest BCUT2D eigenvalue weighted by Gasteiger charge is -2.11. The summed E-state index contributed by atoms with van der Waals surface area (Å²) in [5.74, 6) is -0.341. The Labute approximate surface area is 165 Å². The van der Waals surface area contributed by atoms with E-state index in [1.165, 1.54) is 0 Å². The molecule has 0 unspecified atom stereocenters. The predicted molar refractivity (Wildman–Crippen MR) is 110 cm³/mol. The first-order valence-corrected chi connectivity index (χ1v) is 9.43. The fourth-order valence-electron chi connectivity index (χ4n) is 2.50. The SMILES string of the molecule is CC(C)n1cc(I)c(-c2cc(Cl)cc(NCc3ccccc3)c2F)n1. The standard InChI is InChI=1S/C19H18ClFIN3/c1-12(2)25-11-16(22)19(24-25)15-8-14(20)9-17(18(15)21)23-10-13-6-4-3-5-7-13/h3-9,11-12,23H,10H2,1-2H3. The van der Waals surface area contributed by atoms with Gasteiger partial charge in [0.25, 0.3) is 0 Å². The Balaban J connectivity index is 1.95. The Morgan fingerprint density at radius 1 is 1.24 bits per heavy atom. The van der Waals surface area contributed by atoms with Crippen LogP contribution in [0, 0.1) is 9.39 Å². The molecule has 130 valence electrons. The van der Waals surface area contributed by atoms with Crippen LogP contribution in [0.25, 0.3) is 11.3 Å². The summed E-state index contributed by atoms with van der Waals surface area (Å²) in [6.07, 6.45) is 1.91. The number of benzene rings is 2. The second-order valence-corrected chi connectivity index (χ2v) is 7.65. The van der Waals surface area contributed by atoms with Crippen LogP contribution in [0.5, 0.6) is 0 Å². The number of anilines is 1. The monoisotopic (exact) mass is 469 g/mol. The molecule has 1 heterocycles. The van der Waals surface area contributed by atoms with Crippen LogP contribution in [0.3, 0.4) is 0 Å². The largest absolute Gasteiger partial charge is 0.379 e. The van der Waals surface area contributed by atoms with Gasteiger partial charge < -0.3 is 5.32 Å². The van der Waals surface area contributed by atoms with Crippen molar-refractivity contribution in [2.24, 2.45) is 0 Å². The third-order valence-corrected chi connectivity index (χ3v) is 4.84. The van der Waals surface area contributed by atoms with Gasteiger partial charge in [0.2, 0.25) is 0 Å². The van der Waals surface area contributed by atoms with E-state index in [2.05, 4.69) is 33.0 Å². The molecule has 0 spiro atoms. The first-order chi connectivity index (χ1) is 12.0. The van der Waals surface area contributed by atoms with Crippen molar-refractivity contribution in [3.05, 3.63) is 68.6 Å². The number of nitrogens with zero attached hydrogens (tertiary/aromatic N) is 2. The van der Waals surface area contributed by atoms with E-state index >= 15 is 4.39 Å². The maximum atomic E-state index is 15.1. The number of aromatic nitrogens is 2. The van der Waals surface area contributed by atoms with Gasteiger partial charge in [0.15, 0.2) is 5.82 Å². The summed E-state index contributed by atoms with van der Waals surface area (Å²) in [5.41, 5.74) is 2.47. The number of hydrogen-bond donors (Lipinski definition) is 1. The van der Waals surface area contributed by atoms with Gasteiger partial charge in [-0.2, -0.15) is 5.10 Å². The molecule has 0 radical (unpaired) electrons. The van der Waals surface area contributed by atoms with Gasteiger partial charge >= 0.3 is 0 Å². The Hall–Kier alpha value is -1.60. The lowest BCUT2D eigenvalue weighted by atomic mass is 10.1. The van der Waals surface area contributed by atoms with Crippen LogP contribution in [-0.4, -0.2) is 9.78 Å². The number of halogens is 3. The molecule has 0 saturated heterocycles. The average molecular weight is 470 g/mol. The van der Waals surface area contributed by atoms with Crippen LogP contribution >= 0.6 is 34.2 Å². The van der Waals surface area contributed by atoms with Crippen molar-refractivity contribution in [2.45, 2.75) is 26.4 Å². The van der Waals surface area contributed by atoms with Crippen LogP contribution in [-0.2, 0) is 6.54 Å². The molecule has 0 atom stereocenters. The summed E-state index contributed by atoms with van der Waals surface area (Å²) in [6.45, 7) is 4.59. The zero-order valence-corrected chi connectivity index (χ0v) is 16.8. The number of rotatable bonds is 5. The van der Waals surface area contributed by atoms with Crippen LogP contribution < -0.4 is 5.32 Å². The molecule has 0 aliphatic heterocycles. The molecule has 0 saturated carbocycles. The quantitative estimate of drug-likeness (QED) is 0.455. The fraction of sp³-hybridized carbons (Fsp3) is 0.211. The van der Waals surface area contributed by atoms with Crippen molar-refractivity contribution in [3.8, 4) is 11.3 Å². The van der Waals surface area contributed by atoms with E-state index in [1.807, 2.05) is 55.1 Å². The van der Waals surface area contributed by atoms with Gasteiger partial charge in [-0.1, -0.05) is 41.9 Å². The maximum Gasteiger partial charge on any atom is 0.155 e. The number of hydrogen-bond acceptors (Lipinski definition) is 2. The van der Waals surface area contributed by atoms with E-state index in [0.717, 1.165) is 9.13 Å². The average Bonchev–Trinajstić information content (AvgIpc) is 2.98. The lowest BCUT2D eigenvalue weighted by molar-refractivity contribution is 0.533. The van der Waals surface area contributed by atoms with Gasteiger partial charge in [0.1, 0.15) is 5.69 Å². The summed E-state index contributed by atoms with van der Waals surface area (Å²) >= 11 is 8.41. The maximum absolute atomic E-state index is 15.1. The van der Waals surface area contributed by atoms with Crippen molar-refractivity contribution < 1.29 is 4.39 Å². The van der Waals surface area contributed by atoms with E-state index in [0.29, 0.717) is 28.5 Å². The van der Waals surface area contributed by atoms with E-state index < -0.39 is 0 Å². The molecule has 3 aromatic rings. The Kier molecular flexibility index (Phi) is 5.64. The highest BCUT2D eigenvalue weighted by Gasteiger charge is 2.18. The zero-order chi connectivity index (χ0) is 18.0. The highest BCUT2D eigenvalue weighted by molar-refractivity contribution is 14.1. The fourth-order valence-corrected chi connectivity index (χ4v) is 3.40. The summed E-state index contributed by atoms with van der Waals surface area (Å²) < 4.78 is 17.8. The van der Waals surface area contributed by atoms with Gasteiger partial charge in [0.05, 0.1) is 9.26 Å². The van der Waals surface area contributed by atoms with E-state index in [4.69, 9.17) is 11.6 Å². The van der Waals surface area contributed by atoms with Gasteiger partial charge in [-0.15, -0.1) is 0 Å². The summed E-state index contributed by atoms with van der Waals surface area (Å²) in [6, 6.07) is 13.3. The third kappa shape index (κ3) is 4.15. The Morgan fingerprint density at radius 2 is 1.96 bits per heavy atom. The summed E-state index contributed by atoms with van der Waals surface area (Å²) in [5, 5.41) is 8.13. The molecule has 2 aromatic carbocycles. The second kappa shape index (κ2) is 7.74. The van der Waals surface area contributed by atoms with E-state index in [-0.39, 0.29) is 11.9 Å². The highest BCUT2D eigenvalue weighted by atomic mass is 127. The Morgan fingerprint density at radius 3 is 2.60 bits per heavy atom. The molecule has 1 aromatic heterocycles. The van der Waals surface area contributed by atoms with Crippen LogP contribution in [0.4, 0.5) is 10.1 Å². The van der Waals surface area contributed by atoms with Crippen molar-refractivity contribution >= 4 is 39.9 Å². The predicted octanol–water partition coefficient (Wildman–Crippen LogP) is 6.14. The van der Waals surface area contributed by atoms with Crippen molar-refractivity contribution in [1.82, 2.24) is 9.78 Å². The molecule has 0 amide bonds. The summed E-state index contributed by atoms with van der Waals surface area (Å²) in [4.78, 5) is 0. The minimum Gasteiger partial charge on any atom is -0.379 e. The third-order valence-electron chi connectivity index (χ3n) is 3.83. The highest BCUT2D eigenvalue weighted by Crippen LogP contribution is 2.33. The molecular weight excluding hydrogens is 452 g/mol. The molecule has 3 nitrogen and oxygen atoms in total. The summed E-state index contributed by atoms with van der Waals surface area (Å²) in [7, 11) is 0. The molecule has 3 rings (SSSR count). The van der Waals surface area contributed by atoms with E-state index in [1.54, 1.807) is 12.1 Å². The molecule has 0 bridgehead atoms. The van der Waals surface area contributed by atoms with Gasteiger partial charge in [-0.3, -0.25) is 4.68 Å². The van der Waals surface area contributed by atoms with Crippen molar-refractivity contribution in [3.63, 3.8) is 0 Å². The number of nitrogens with one attached hydrogen (secondary N) is 1. The van der Waals surface area contributed by atoms with Crippen molar-refractivity contribution in [2.75, 3.05) is 5.32 Å². The molecule has 1 N–H and O–H groups in total. The Bertz CT molecular complexity index is 878. The van der Waals surface area contributed by atoms with Gasteiger partial charge in [-0.05, 0) is 54.1 Å². The smallest absolute Gasteiger partial charge is 0.155 e. The van der Waals surface area contributed by atoms with Crippen molar-refractivity contribution in [1.29, 1.82) is 0 Å². The van der Waals surface area contributed by atoms with Crippen LogP contribution in [0.15, 0.2) is 48.7 Å². The molecule has 0 aliphatic rings. The topological polar surface area (TPSA) is 29.9 Å². The molecular formula is C19H18ClFIN3. The molecule has 6 heteroatoms. The zero-order valence-electron chi connectivity index (χ0n) is 13.9. The molecule has 0 fully saturated rings. The minimum absolute atomic E-state index is 0.209. The minimum atomic E-state index is -0.341. The lowest BCUT2D eigenvalue weighted by Crippen LogP contribution is -2.04. The second-order valence-electron chi connectivity index (χ2n) is 6.05.